The summed E-state index contributed by atoms with van der Waals surface area (Å²) in [7, 11) is 4.17. The van der Waals surface area contributed by atoms with Crippen LogP contribution < -0.4 is 5.32 Å². The number of rotatable bonds is 6. The summed E-state index contributed by atoms with van der Waals surface area (Å²) in [5.74, 6) is 0. The number of amides is 2. The molecule has 0 saturated carbocycles. The fourth-order valence-corrected chi connectivity index (χ4v) is 3.05. The lowest BCUT2D eigenvalue weighted by Gasteiger charge is -2.35. The summed E-state index contributed by atoms with van der Waals surface area (Å²) in [5.41, 5.74) is 2.80. The van der Waals surface area contributed by atoms with Gasteiger partial charge in [0, 0.05) is 51.2 Å². The second-order valence-electron chi connectivity index (χ2n) is 7.27. The summed E-state index contributed by atoms with van der Waals surface area (Å²) in [4.78, 5) is 23.3. The first-order valence-corrected chi connectivity index (χ1v) is 9.72. The average molecular weight is 380 g/mol. The van der Waals surface area contributed by atoms with Crippen molar-refractivity contribution < 1.29 is 4.79 Å². The molecule has 2 aromatic rings. The Morgan fingerprint density at radius 2 is 1.82 bits per heavy atom. The van der Waals surface area contributed by atoms with Crippen molar-refractivity contribution in [3.8, 4) is 0 Å². The SMILES string of the molecule is CN(C)CCN1CCN(C(=O)Nc2ccc(/C=C/c3ccccn3)cc2)CC1. The van der Waals surface area contributed by atoms with E-state index in [1.165, 1.54) is 0 Å². The Kier molecular flexibility index (Phi) is 7.17. The average Bonchev–Trinajstić information content (AvgIpc) is 2.73. The van der Waals surface area contributed by atoms with Gasteiger partial charge >= 0.3 is 6.03 Å². The van der Waals surface area contributed by atoms with E-state index in [0.29, 0.717) is 0 Å². The molecule has 0 bridgehead atoms. The molecule has 0 radical (unpaired) electrons. The van der Waals surface area contributed by atoms with Crippen molar-refractivity contribution >= 4 is 23.9 Å². The van der Waals surface area contributed by atoms with Crippen LogP contribution in [-0.2, 0) is 0 Å². The third-order valence-electron chi connectivity index (χ3n) is 4.82. The quantitative estimate of drug-likeness (QED) is 0.838. The van der Waals surface area contributed by atoms with E-state index in [1.807, 2.05) is 59.5 Å². The monoisotopic (exact) mass is 379 g/mol. The van der Waals surface area contributed by atoms with E-state index in [2.05, 4.69) is 34.2 Å². The molecule has 3 rings (SSSR count). The number of nitrogens with zero attached hydrogens (tertiary/aromatic N) is 4. The predicted octanol–water partition coefficient (Wildman–Crippen LogP) is 2.96. The molecular formula is C22H29N5O. The maximum absolute atomic E-state index is 12.5. The van der Waals surface area contributed by atoms with Gasteiger partial charge in [-0.3, -0.25) is 9.88 Å². The molecule has 1 aliphatic heterocycles. The lowest BCUT2D eigenvalue weighted by Crippen LogP contribution is -2.51. The second kappa shape index (κ2) is 10.0. The minimum absolute atomic E-state index is 0.0240. The Morgan fingerprint density at radius 1 is 1.07 bits per heavy atom. The molecule has 28 heavy (non-hydrogen) atoms. The number of likely N-dealkylation sites (N-methyl/N-ethyl adjacent to an activating group) is 1. The highest BCUT2D eigenvalue weighted by Crippen LogP contribution is 2.13. The van der Waals surface area contributed by atoms with Gasteiger partial charge in [0.1, 0.15) is 0 Å². The maximum Gasteiger partial charge on any atom is 0.321 e. The molecule has 1 fully saturated rings. The molecule has 6 nitrogen and oxygen atoms in total. The normalized spacial score (nSPS) is 15.3. The summed E-state index contributed by atoms with van der Waals surface area (Å²) in [6.07, 6.45) is 5.77. The first-order valence-electron chi connectivity index (χ1n) is 9.72. The number of piperazine rings is 1. The van der Waals surface area contributed by atoms with Crippen LogP contribution in [-0.4, -0.2) is 79.1 Å². The Labute approximate surface area is 167 Å². The topological polar surface area (TPSA) is 51.7 Å². The molecule has 2 amide bonds. The van der Waals surface area contributed by atoms with Crippen LogP contribution in [0, 0.1) is 0 Å². The molecule has 1 aromatic carbocycles. The Hall–Kier alpha value is -2.70. The van der Waals surface area contributed by atoms with Crippen LogP contribution in [0.3, 0.4) is 0 Å². The summed E-state index contributed by atoms with van der Waals surface area (Å²) in [6, 6.07) is 13.7. The highest BCUT2D eigenvalue weighted by molar-refractivity contribution is 5.89. The van der Waals surface area contributed by atoms with Gasteiger partial charge < -0.3 is 15.1 Å². The Morgan fingerprint density at radius 3 is 2.46 bits per heavy atom. The highest BCUT2D eigenvalue weighted by atomic mass is 16.2. The number of benzene rings is 1. The van der Waals surface area contributed by atoms with Gasteiger partial charge in [-0.15, -0.1) is 0 Å². The zero-order chi connectivity index (χ0) is 19.8. The summed E-state index contributed by atoms with van der Waals surface area (Å²) in [6.45, 7) is 5.49. The standard InChI is InChI=1S/C22H29N5O/c1-25(2)13-14-26-15-17-27(18-16-26)22(28)24-21-10-7-19(8-11-21)6-9-20-5-3-4-12-23-20/h3-12H,13-18H2,1-2H3,(H,24,28)/b9-6+. The van der Waals surface area contributed by atoms with Gasteiger partial charge in [-0.05, 0) is 50.0 Å². The van der Waals surface area contributed by atoms with Gasteiger partial charge in [0.25, 0.3) is 0 Å². The molecule has 0 aliphatic carbocycles. The van der Waals surface area contributed by atoms with Gasteiger partial charge in [-0.1, -0.05) is 24.3 Å². The van der Waals surface area contributed by atoms with Gasteiger partial charge in [0.05, 0.1) is 5.69 Å². The highest BCUT2D eigenvalue weighted by Gasteiger charge is 2.20. The van der Waals surface area contributed by atoms with Crippen LogP contribution in [0.4, 0.5) is 10.5 Å². The molecule has 1 N–H and O–H groups in total. The van der Waals surface area contributed by atoms with Crippen molar-refractivity contribution in [3.05, 3.63) is 59.9 Å². The smallest absolute Gasteiger partial charge is 0.321 e. The van der Waals surface area contributed by atoms with Crippen LogP contribution in [0.1, 0.15) is 11.3 Å². The van der Waals surface area contributed by atoms with E-state index in [0.717, 1.165) is 56.2 Å². The van der Waals surface area contributed by atoms with Crippen molar-refractivity contribution in [2.45, 2.75) is 0 Å². The maximum atomic E-state index is 12.5. The molecule has 148 valence electrons. The third-order valence-corrected chi connectivity index (χ3v) is 4.82. The number of hydrogen-bond acceptors (Lipinski definition) is 4. The largest absolute Gasteiger partial charge is 0.322 e. The summed E-state index contributed by atoms with van der Waals surface area (Å²) in [5, 5.41) is 3.00. The van der Waals surface area contributed by atoms with E-state index >= 15 is 0 Å². The van der Waals surface area contributed by atoms with Crippen LogP contribution in [0.5, 0.6) is 0 Å². The molecular weight excluding hydrogens is 350 g/mol. The fraction of sp³-hybridized carbons (Fsp3) is 0.364. The first kappa shape index (κ1) is 20.0. The number of hydrogen-bond donors (Lipinski definition) is 1. The lowest BCUT2D eigenvalue weighted by molar-refractivity contribution is 0.140. The minimum atomic E-state index is -0.0240. The fourth-order valence-electron chi connectivity index (χ4n) is 3.05. The van der Waals surface area contributed by atoms with Gasteiger partial charge in [0.2, 0.25) is 0 Å². The molecule has 1 aliphatic rings. The molecule has 1 saturated heterocycles. The summed E-state index contributed by atoms with van der Waals surface area (Å²) < 4.78 is 0. The first-order chi connectivity index (χ1) is 13.6. The van der Waals surface area contributed by atoms with Crippen molar-refractivity contribution in [1.82, 2.24) is 19.7 Å². The van der Waals surface area contributed by atoms with Crippen LogP contribution in [0.15, 0.2) is 48.7 Å². The van der Waals surface area contributed by atoms with E-state index in [4.69, 9.17) is 0 Å². The molecule has 6 heteroatoms. The van der Waals surface area contributed by atoms with Crippen LogP contribution in [0.25, 0.3) is 12.2 Å². The van der Waals surface area contributed by atoms with E-state index in [9.17, 15) is 4.79 Å². The number of carbonyl (C=O) groups is 1. The van der Waals surface area contributed by atoms with Crippen LogP contribution in [0.2, 0.25) is 0 Å². The van der Waals surface area contributed by atoms with E-state index in [1.54, 1.807) is 6.20 Å². The molecule has 2 heterocycles. The van der Waals surface area contributed by atoms with Gasteiger partial charge in [-0.2, -0.15) is 0 Å². The van der Waals surface area contributed by atoms with E-state index < -0.39 is 0 Å². The zero-order valence-electron chi connectivity index (χ0n) is 16.7. The number of anilines is 1. The molecule has 0 atom stereocenters. The van der Waals surface area contributed by atoms with Crippen molar-refractivity contribution in [1.29, 1.82) is 0 Å². The number of pyridine rings is 1. The van der Waals surface area contributed by atoms with Crippen molar-refractivity contribution in [2.75, 3.05) is 58.7 Å². The van der Waals surface area contributed by atoms with E-state index in [-0.39, 0.29) is 6.03 Å². The third kappa shape index (κ3) is 6.18. The van der Waals surface area contributed by atoms with Crippen molar-refractivity contribution in [2.24, 2.45) is 0 Å². The second-order valence-corrected chi connectivity index (χ2v) is 7.27. The Bertz CT molecular complexity index is 765. The molecule has 1 aromatic heterocycles. The Balaban J connectivity index is 1.46. The predicted molar refractivity (Wildman–Crippen MR) is 115 cm³/mol. The summed E-state index contributed by atoms with van der Waals surface area (Å²) >= 11 is 0. The lowest BCUT2D eigenvalue weighted by atomic mass is 10.2. The molecule has 0 unspecified atom stereocenters. The van der Waals surface area contributed by atoms with Crippen LogP contribution >= 0.6 is 0 Å². The number of nitrogens with one attached hydrogen (secondary N) is 1. The zero-order valence-corrected chi connectivity index (χ0v) is 16.7. The van der Waals surface area contributed by atoms with Gasteiger partial charge in [-0.25, -0.2) is 4.79 Å². The number of aromatic nitrogens is 1. The molecule has 0 spiro atoms. The number of urea groups is 1. The number of carbonyl (C=O) groups excluding carboxylic acids is 1. The van der Waals surface area contributed by atoms with Crippen molar-refractivity contribution in [3.63, 3.8) is 0 Å². The minimum Gasteiger partial charge on any atom is -0.322 e. The van der Waals surface area contributed by atoms with Gasteiger partial charge in [0.15, 0.2) is 0 Å².